The fraction of sp³-hybridized carbons (Fsp3) is 0.333. The van der Waals surface area contributed by atoms with Gasteiger partial charge in [-0.25, -0.2) is 8.78 Å². The van der Waals surface area contributed by atoms with Crippen molar-refractivity contribution in [3.05, 3.63) is 53.7 Å². The first-order valence-corrected chi connectivity index (χ1v) is 7.76. The van der Waals surface area contributed by atoms with Gasteiger partial charge < -0.3 is 13.7 Å². The van der Waals surface area contributed by atoms with Gasteiger partial charge in [-0.1, -0.05) is 12.1 Å². The molecule has 0 saturated carbocycles. The number of hydrogen-bond acceptors (Lipinski definition) is 3. The summed E-state index contributed by atoms with van der Waals surface area (Å²) in [5.41, 5.74) is -1.25. The van der Waals surface area contributed by atoms with E-state index in [1.165, 1.54) is 18.4 Å². The van der Waals surface area contributed by atoms with Gasteiger partial charge >= 0.3 is 7.12 Å². The summed E-state index contributed by atoms with van der Waals surface area (Å²) in [6.45, 7) is 7.33. The summed E-state index contributed by atoms with van der Waals surface area (Å²) < 4.78 is 45.2. The van der Waals surface area contributed by atoms with E-state index < -0.39 is 29.9 Å². The average molecular weight is 332 g/mol. The molecular formula is C18H19BF2O3. The van der Waals surface area contributed by atoms with Crippen LogP contribution in [0.15, 0.2) is 46.7 Å². The Balaban J connectivity index is 1.84. The number of halogens is 2. The van der Waals surface area contributed by atoms with E-state index in [-0.39, 0.29) is 5.56 Å². The molecule has 1 aromatic carbocycles. The molecule has 0 bridgehead atoms. The van der Waals surface area contributed by atoms with Gasteiger partial charge in [0.2, 0.25) is 0 Å². The predicted molar refractivity (Wildman–Crippen MR) is 89.3 cm³/mol. The van der Waals surface area contributed by atoms with Gasteiger partial charge in [-0.3, -0.25) is 0 Å². The van der Waals surface area contributed by atoms with E-state index in [1.54, 1.807) is 18.2 Å². The Hall–Kier alpha value is -1.92. The highest BCUT2D eigenvalue weighted by atomic mass is 19.1. The molecule has 0 atom stereocenters. The molecule has 0 spiro atoms. The van der Waals surface area contributed by atoms with Crippen LogP contribution in [0.3, 0.4) is 0 Å². The van der Waals surface area contributed by atoms with Gasteiger partial charge in [0.1, 0.15) is 17.3 Å². The maximum absolute atomic E-state index is 14.5. The first kappa shape index (κ1) is 16.9. The lowest BCUT2D eigenvalue weighted by molar-refractivity contribution is 0.00578. The van der Waals surface area contributed by atoms with Crippen LogP contribution in [-0.4, -0.2) is 18.3 Å². The zero-order valence-corrected chi connectivity index (χ0v) is 14.1. The highest BCUT2D eigenvalue weighted by Gasteiger charge is 2.53. The Bertz CT molecular complexity index is 751. The molecule has 1 aromatic heterocycles. The van der Waals surface area contributed by atoms with Crippen LogP contribution < -0.4 is 0 Å². The molecule has 1 aliphatic rings. The van der Waals surface area contributed by atoms with Crippen LogP contribution in [0.25, 0.3) is 17.4 Å². The van der Waals surface area contributed by atoms with Crippen molar-refractivity contribution in [1.82, 2.24) is 0 Å². The van der Waals surface area contributed by atoms with Crippen LogP contribution in [0.4, 0.5) is 8.78 Å². The van der Waals surface area contributed by atoms with E-state index in [1.807, 2.05) is 27.7 Å². The third-order valence-electron chi connectivity index (χ3n) is 4.58. The molecule has 0 N–H and O–H groups in total. The number of rotatable bonds is 3. The maximum atomic E-state index is 14.5. The molecule has 2 heterocycles. The van der Waals surface area contributed by atoms with E-state index in [0.717, 1.165) is 6.08 Å². The van der Waals surface area contributed by atoms with Crippen molar-refractivity contribution in [3.8, 4) is 11.3 Å². The molecule has 126 valence electrons. The molecule has 0 radical (unpaired) electrons. The summed E-state index contributed by atoms with van der Waals surface area (Å²) >= 11 is 0. The normalized spacial score (nSPS) is 19.8. The standard InChI is InChI=1S/C18H19BF2O3/c1-17(2)18(3,4)24-19(23-17)16(21)11-12-7-8-13(10-14(12)20)15-6-5-9-22-15/h5-11H,1-4H3. The predicted octanol–water partition coefficient (Wildman–Crippen LogP) is 5.03. The maximum Gasteiger partial charge on any atom is 0.525 e. The van der Waals surface area contributed by atoms with E-state index in [9.17, 15) is 8.78 Å². The van der Waals surface area contributed by atoms with Crippen molar-refractivity contribution >= 4 is 13.2 Å². The zero-order chi connectivity index (χ0) is 17.5. The molecule has 0 aliphatic carbocycles. The van der Waals surface area contributed by atoms with Crippen LogP contribution in [0, 0.1) is 5.82 Å². The second kappa shape index (κ2) is 5.86. The van der Waals surface area contributed by atoms with Crippen molar-refractivity contribution in [2.24, 2.45) is 0 Å². The second-order valence-electron chi connectivity index (χ2n) is 6.83. The molecule has 6 heteroatoms. The Morgan fingerprint density at radius 3 is 2.29 bits per heavy atom. The minimum absolute atomic E-state index is 0.123. The third-order valence-corrected chi connectivity index (χ3v) is 4.58. The lowest BCUT2D eigenvalue weighted by atomic mass is 9.86. The minimum Gasteiger partial charge on any atom is -0.464 e. The van der Waals surface area contributed by atoms with Gasteiger partial charge in [-0.05, 0) is 52.0 Å². The van der Waals surface area contributed by atoms with Gasteiger partial charge in [0.15, 0.2) is 0 Å². The van der Waals surface area contributed by atoms with Crippen molar-refractivity contribution in [2.75, 3.05) is 0 Å². The van der Waals surface area contributed by atoms with Crippen LogP contribution >= 0.6 is 0 Å². The Kier molecular flexibility index (Phi) is 4.14. The smallest absolute Gasteiger partial charge is 0.464 e. The number of furan rings is 1. The Morgan fingerprint density at radius 2 is 1.75 bits per heavy atom. The highest BCUT2D eigenvalue weighted by molar-refractivity contribution is 6.54. The molecule has 24 heavy (non-hydrogen) atoms. The van der Waals surface area contributed by atoms with Gasteiger partial charge in [-0.2, -0.15) is 0 Å². The van der Waals surface area contributed by atoms with E-state index in [4.69, 9.17) is 13.7 Å². The molecule has 1 fully saturated rings. The lowest BCUT2D eigenvalue weighted by Gasteiger charge is -2.32. The number of hydrogen-bond donors (Lipinski definition) is 0. The van der Waals surface area contributed by atoms with E-state index >= 15 is 0 Å². The third kappa shape index (κ3) is 3.04. The van der Waals surface area contributed by atoms with Crippen LogP contribution in [-0.2, 0) is 9.31 Å². The summed E-state index contributed by atoms with van der Waals surface area (Å²) in [5, 5.41) is 0. The van der Waals surface area contributed by atoms with Gasteiger partial charge in [0, 0.05) is 11.1 Å². The first-order chi connectivity index (χ1) is 11.2. The van der Waals surface area contributed by atoms with Gasteiger partial charge in [0.25, 0.3) is 0 Å². The molecule has 1 saturated heterocycles. The molecule has 2 aromatic rings. The van der Waals surface area contributed by atoms with Crippen molar-refractivity contribution in [2.45, 2.75) is 38.9 Å². The lowest BCUT2D eigenvalue weighted by Crippen LogP contribution is -2.41. The summed E-state index contributed by atoms with van der Waals surface area (Å²) in [6, 6.07) is 7.93. The largest absolute Gasteiger partial charge is 0.525 e. The summed E-state index contributed by atoms with van der Waals surface area (Å²) in [7, 11) is -1.14. The van der Waals surface area contributed by atoms with Crippen LogP contribution in [0.2, 0.25) is 0 Å². The van der Waals surface area contributed by atoms with Crippen LogP contribution in [0.5, 0.6) is 0 Å². The fourth-order valence-corrected chi connectivity index (χ4v) is 2.41. The van der Waals surface area contributed by atoms with E-state index in [2.05, 4.69) is 0 Å². The van der Waals surface area contributed by atoms with Crippen molar-refractivity contribution in [1.29, 1.82) is 0 Å². The van der Waals surface area contributed by atoms with E-state index in [0.29, 0.717) is 11.3 Å². The first-order valence-electron chi connectivity index (χ1n) is 7.76. The highest BCUT2D eigenvalue weighted by Crippen LogP contribution is 2.39. The summed E-state index contributed by atoms with van der Waals surface area (Å²) in [5.74, 6) is 0.00595. The van der Waals surface area contributed by atoms with Gasteiger partial charge in [-0.15, -0.1) is 0 Å². The SMILES string of the molecule is CC1(C)OB(C(F)=Cc2ccc(-c3ccco3)cc2F)OC1(C)C. The Labute approximate surface area is 140 Å². The fourth-order valence-electron chi connectivity index (χ4n) is 2.41. The molecular weight excluding hydrogens is 313 g/mol. The summed E-state index contributed by atoms with van der Waals surface area (Å²) in [4.78, 5) is 0. The monoisotopic (exact) mass is 332 g/mol. The number of benzene rings is 1. The molecule has 3 nitrogen and oxygen atoms in total. The molecule has 0 unspecified atom stereocenters. The topological polar surface area (TPSA) is 31.6 Å². The average Bonchev–Trinajstić information content (AvgIpc) is 3.08. The zero-order valence-electron chi connectivity index (χ0n) is 14.1. The van der Waals surface area contributed by atoms with Crippen molar-refractivity contribution in [3.63, 3.8) is 0 Å². The quantitative estimate of drug-likeness (QED) is 0.739. The Morgan fingerprint density at radius 1 is 1.08 bits per heavy atom. The van der Waals surface area contributed by atoms with Gasteiger partial charge in [0.05, 0.1) is 17.5 Å². The summed E-state index contributed by atoms with van der Waals surface area (Å²) in [6.07, 6.45) is 2.61. The van der Waals surface area contributed by atoms with Crippen molar-refractivity contribution < 1.29 is 22.5 Å². The minimum atomic E-state index is -1.14. The molecule has 1 aliphatic heterocycles. The molecule has 3 rings (SSSR count). The molecule has 0 amide bonds. The van der Waals surface area contributed by atoms with Crippen LogP contribution in [0.1, 0.15) is 33.3 Å². The second-order valence-corrected chi connectivity index (χ2v) is 6.83.